The summed E-state index contributed by atoms with van der Waals surface area (Å²) in [7, 11) is 0. The van der Waals surface area contributed by atoms with Crippen LogP contribution in [0.2, 0.25) is 10.0 Å². The Balaban J connectivity index is 2.76. The van der Waals surface area contributed by atoms with Gasteiger partial charge in [-0.25, -0.2) is 4.79 Å². The molecule has 0 fully saturated rings. The SMILES string of the molecule is CCOC(=O)/C=C/C(C)(C)NC(=O)[C@H](CC)Oc1cc(Cl)cc(Cl)c1. The van der Waals surface area contributed by atoms with E-state index in [1.54, 1.807) is 45.0 Å². The fourth-order valence-electron chi connectivity index (χ4n) is 1.99. The van der Waals surface area contributed by atoms with E-state index in [-0.39, 0.29) is 5.91 Å². The Morgan fingerprint density at radius 3 is 2.32 bits per heavy atom. The predicted octanol–water partition coefficient (Wildman–Crippen LogP) is 4.16. The molecule has 1 N–H and O–H groups in total. The fourth-order valence-corrected chi connectivity index (χ4v) is 2.50. The van der Waals surface area contributed by atoms with Crippen LogP contribution in [-0.4, -0.2) is 30.1 Å². The Hall–Kier alpha value is -1.72. The lowest BCUT2D eigenvalue weighted by Crippen LogP contribution is -2.48. The van der Waals surface area contributed by atoms with Crippen LogP contribution in [0.3, 0.4) is 0 Å². The van der Waals surface area contributed by atoms with Crippen molar-refractivity contribution >= 4 is 35.1 Å². The maximum Gasteiger partial charge on any atom is 0.330 e. The number of amides is 1. The third-order valence-corrected chi connectivity index (χ3v) is 3.58. The Kier molecular flexibility index (Phi) is 8.26. The largest absolute Gasteiger partial charge is 0.481 e. The predicted molar refractivity (Wildman–Crippen MR) is 99.2 cm³/mol. The number of esters is 1. The summed E-state index contributed by atoms with van der Waals surface area (Å²) >= 11 is 11.9. The van der Waals surface area contributed by atoms with Crippen LogP contribution >= 0.6 is 23.2 Å². The van der Waals surface area contributed by atoms with E-state index in [9.17, 15) is 9.59 Å². The average Bonchev–Trinajstić information content (AvgIpc) is 2.49. The van der Waals surface area contributed by atoms with Crippen LogP contribution in [0.4, 0.5) is 0 Å². The van der Waals surface area contributed by atoms with Crippen molar-refractivity contribution in [3.05, 3.63) is 40.4 Å². The molecule has 1 amide bonds. The van der Waals surface area contributed by atoms with Crippen molar-refractivity contribution in [2.75, 3.05) is 6.61 Å². The van der Waals surface area contributed by atoms with Gasteiger partial charge in [-0.05, 0) is 45.4 Å². The van der Waals surface area contributed by atoms with E-state index in [1.165, 1.54) is 6.08 Å². The summed E-state index contributed by atoms with van der Waals surface area (Å²) in [5, 5.41) is 3.68. The highest BCUT2D eigenvalue weighted by Gasteiger charge is 2.25. The van der Waals surface area contributed by atoms with Gasteiger partial charge in [-0.3, -0.25) is 4.79 Å². The highest BCUT2D eigenvalue weighted by atomic mass is 35.5. The van der Waals surface area contributed by atoms with Crippen molar-refractivity contribution in [1.82, 2.24) is 5.32 Å². The van der Waals surface area contributed by atoms with Gasteiger partial charge in [0.1, 0.15) is 5.75 Å². The Labute approximate surface area is 158 Å². The van der Waals surface area contributed by atoms with E-state index >= 15 is 0 Å². The molecular formula is C18H23Cl2NO4. The first kappa shape index (κ1) is 21.3. The molecule has 25 heavy (non-hydrogen) atoms. The molecule has 0 heterocycles. The molecule has 0 unspecified atom stereocenters. The number of ether oxygens (including phenoxy) is 2. The molecule has 0 aliphatic rings. The third-order valence-electron chi connectivity index (χ3n) is 3.15. The zero-order valence-corrected chi connectivity index (χ0v) is 16.3. The molecule has 1 atom stereocenters. The monoisotopic (exact) mass is 387 g/mol. The van der Waals surface area contributed by atoms with Gasteiger partial charge in [0.2, 0.25) is 0 Å². The Bertz CT molecular complexity index is 624. The van der Waals surface area contributed by atoms with E-state index in [1.807, 2.05) is 6.92 Å². The molecule has 0 saturated heterocycles. The van der Waals surface area contributed by atoms with Crippen molar-refractivity contribution in [2.45, 2.75) is 45.8 Å². The Morgan fingerprint density at radius 1 is 1.20 bits per heavy atom. The summed E-state index contributed by atoms with van der Waals surface area (Å²) in [6.07, 6.45) is 2.60. The van der Waals surface area contributed by atoms with E-state index in [0.717, 1.165) is 0 Å². The van der Waals surface area contributed by atoms with Crippen LogP contribution in [0.5, 0.6) is 5.75 Å². The standard InChI is InChI=1S/C18H23Cl2NO4/c1-5-15(25-14-10-12(19)9-13(20)11-14)17(23)21-18(3,4)8-7-16(22)24-6-2/h7-11,15H,5-6H2,1-4H3,(H,21,23)/b8-7+/t15-/m0/s1. The molecule has 0 saturated carbocycles. The highest BCUT2D eigenvalue weighted by Crippen LogP contribution is 2.25. The summed E-state index contributed by atoms with van der Waals surface area (Å²) in [4.78, 5) is 23.9. The van der Waals surface area contributed by atoms with Crippen molar-refractivity contribution in [1.29, 1.82) is 0 Å². The lowest BCUT2D eigenvalue weighted by atomic mass is 10.0. The van der Waals surface area contributed by atoms with Gasteiger partial charge in [0.25, 0.3) is 5.91 Å². The topological polar surface area (TPSA) is 64.6 Å². The van der Waals surface area contributed by atoms with Crippen LogP contribution in [0.15, 0.2) is 30.4 Å². The molecule has 0 aliphatic carbocycles. The smallest absolute Gasteiger partial charge is 0.330 e. The molecule has 0 bridgehead atoms. The third kappa shape index (κ3) is 7.80. The first-order valence-electron chi connectivity index (χ1n) is 7.97. The molecule has 1 aromatic rings. The van der Waals surface area contributed by atoms with Gasteiger partial charge < -0.3 is 14.8 Å². The minimum atomic E-state index is -0.743. The van der Waals surface area contributed by atoms with Crippen LogP contribution in [0, 0.1) is 0 Å². The summed E-state index contributed by atoms with van der Waals surface area (Å²) < 4.78 is 10.5. The molecule has 0 aromatic heterocycles. The van der Waals surface area contributed by atoms with Crippen molar-refractivity contribution in [2.24, 2.45) is 0 Å². The van der Waals surface area contributed by atoms with Crippen molar-refractivity contribution in [3.8, 4) is 5.75 Å². The summed E-state index contributed by atoms with van der Waals surface area (Å²) in [5.41, 5.74) is -0.743. The van der Waals surface area contributed by atoms with E-state index in [2.05, 4.69) is 5.32 Å². The first-order valence-corrected chi connectivity index (χ1v) is 8.73. The summed E-state index contributed by atoms with van der Waals surface area (Å²) in [6.45, 7) is 7.39. The number of benzene rings is 1. The number of nitrogens with one attached hydrogen (secondary N) is 1. The molecule has 7 heteroatoms. The molecule has 0 spiro atoms. The summed E-state index contributed by atoms with van der Waals surface area (Å²) in [6, 6.07) is 4.77. The molecule has 138 valence electrons. The van der Waals surface area contributed by atoms with Crippen LogP contribution in [-0.2, 0) is 14.3 Å². The van der Waals surface area contributed by atoms with Gasteiger partial charge in [-0.15, -0.1) is 0 Å². The lowest BCUT2D eigenvalue weighted by Gasteiger charge is -2.26. The molecular weight excluding hydrogens is 365 g/mol. The molecule has 1 aromatic carbocycles. The minimum Gasteiger partial charge on any atom is -0.481 e. The maximum absolute atomic E-state index is 12.5. The second-order valence-electron chi connectivity index (χ2n) is 5.92. The normalized spacial score (nSPS) is 12.7. The van der Waals surface area contributed by atoms with Gasteiger partial charge in [0.15, 0.2) is 6.10 Å². The molecule has 0 aliphatic heterocycles. The van der Waals surface area contributed by atoms with E-state index < -0.39 is 17.6 Å². The van der Waals surface area contributed by atoms with Crippen molar-refractivity contribution in [3.63, 3.8) is 0 Å². The van der Waals surface area contributed by atoms with Gasteiger partial charge in [0, 0.05) is 16.1 Å². The van der Waals surface area contributed by atoms with E-state index in [4.69, 9.17) is 32.7 Å². The van der Waals surface area contributed by atoms with E-state index in [0.29, 0.717) is 28.8 Å². The number of carbonyl (C=O) groups excluding carboxylic acids is 2. The van der Waals surface area contributed by atoms with Crippen LogP contribution in [0.25, 0.3) is 0 Å². The van der Waals surface area contributed by atoms with Gasteiger partial charge >= 0.3 is 5.97 Å². The minimum absolute atomic E-state index is 0.296. The van der Waals surface area contributed by atoms with Crippen LogP contribution < -0.4 is 10.1 Å². The average molecular weight is 388 g/mol. The summed E-state index contributed by atoms with van der Waals surface area (Å²) in [5.74, 6) is -0.349. The number of carbonyl (C=O) groups is 2. The molecule has 5 nitrogen and oxygen atoms in total. The number of halogens is 2. The van der Waals surface area contributed by atoms with Crippen molar-refractivity contribution < 1.29 is 19.1 Å². The Morgan fingerprint density at radius 2 is 1.80 bits per heavy atom. The molecule has 1 rings (SSSR count). The molecule has 0 radical (unpaired) electrons. The zero-order chi connectivity index (χ0) is 19.0. The van der Waals surface area contributed by atoms with Gasteiger partial charge in [0.05, 0.1) is 12.1 Å². The fraction of sp³-hybridized carbons (Fsp3) is 0.444. The number of hydrogen-bond donors (Lipinski definition) is 1. The first-order chi connectivity index (χ1) is 11.7. The second-order valence-corrected chi connectivity index (χ2v) is 6.79. The lowest BCUT2D eigenvalue weighted by molar-refractivity contribution is -0.137. The number of hydrogen-bond acceptors (Lipinski definition) is 4. The van der Waals surface area contributed by atoms with Gasteiger partial charge in [-0.1, -0.05) is 36.2 Å². The van der Waals surface area contributed by atoms with Crippen LogP contribution in [0.1, 0.15) is 34.1 Å². The maximum atomic E-state index is 12.5. The second kappa shape index (κ2) is 9.68. The number of rotatable bonds is 8. The zero-order valence-electron chi connectivity index (χ0n) is 14.8. The highest BCUT2D eigenvalue weighted by molar-refractivity contribution is 6.34. The van der Waals surface area contributed by atoms with Gasteiger partial charge in [-0.2, -0.15) is 0 Å². The quantitative estimate of drug-likeness (QED) is 0.536.